The second-order valence-electron chi connectivity index (χ2n) is 10.4. The molecule has 4 rings (SSSR count). The molecule has 2 aromatic rings. The first-order valence-electron chi connectivity index (χ1n) is 11.6. The van der Waals surface area contributed by atoms with E-state index in [2.05, 4.69) is 44.0 Å². The Morgan fingerprint density at radius 2 is 1.71 bits per heavy atom. The number of Topliss-reactive ketones (excluding diaryl/α,β-unsaturated/α-hetero) is 1. The van der Waals surface area contributed by atoms with Gasteiger partial charge in [0.2, 0.25) is 0 Å². The van der Waals surface area contributed by atoms with E-state index < -0.39 is 0 Å². The van der Waals surface area contributed by atoms with Crippen LogP contribution in [0.1, 0.15) is 56.5 Å². The Morgan fingerprint density at radius 3 is 2.26 bits per heavy atom. The van der Waals surface area contributed by atoms with Crippen molar-refractivity contribution in [3.8, 4) is 11.8 Å². The molecule has 0 unspecified atom stereocenters. The quantitative estimate of drug-likeness (QED) is 0.653. The third-order valence-electron chi connectivity index (χ3n) is 7.25. The first kappa shape index (κ1) is 24.1. The van der Waals surface area contributed by atoms with E-state index in [0.29, 0.717) is 40.5 Å². The minimum Gasteiger partial charge on any atom is -0.489 e. The maximum Gasteiger partial charge on any atom is 0.251 e. The second-order valence-corrected chi connectivity index (χ2v) is 10.8. The van der Waals surface area contributed by atoms with Crippen molar-refractivity contribution in [2.45, 2.75) is 52.7 Å². The van der Waals surface area contributed by atoms with E-state index in [4.69, 9.17) is 21.6 Å². The number of carbonyl (C=O) groups is 2. The molecule has 6 nitrogen and oxygen atoms in total. The number of hydrogen-bond acceptors (Lipinski definition) is 5. The SMILES string of the molecule is CC1(C)C(NC(=O)c2ccc(N3CCC(=O)CC3)cc2)C(C)(C)C1Oc1ccc(C#N)c(Cl)c1. The van der Waals surface area contributed by atoms with E-state index in [0.717, 1.165) is 18.8 Å². The Labute approximate surface area is 205 Å². The summed E-state index contributed by atoms with van der Waals surface area (Å²) in [4.78, 5) is 26.7. The average molecular weight is 480 g/mol. The summed E-state index contributed by atoms with van der Waals surface area (Å²) in [6, 6.07) is 14.6. The number of nitrogens with zero attached hydrogens (tertiary/aromatic N) is 2. The van der Waals surface area contributed by atoms with Gasteiger partial charge in [-0.05, 0) is 36.4 Å². The first-order valence-corrected chi connectivity index (χ1v) is 12.0. The third kappa shape index (κ3) is 4.37. The molecule has 2 fully saturated rings. The summed E-state index contributed by atoms with van der Waals surface area (Å²) in [5.74, 6) is 0.795. The number of piperidine rings is 1. The maximum absolute atomic E-state index is 13.1. The van der Waals surface area contributed by atoms with Gasteiger partial charge in [0.05, 0.1) is 10.6 Å². The molecule has 178 valence electrons. The largest absolute Gasteiger partial charge is 0.489 e. The standard InChI is InChI=1S/C27H30ClN3O3/c1-26(2)24(27(3,4)25(26)34-21-10-7-18(16-29)22(28)15-21)30-23(33)17-5-8-19(9-6-17)31-13-11-20(32)12-14-31/h5-10,15,24-25H,11-14H2,1-4H3,(H,30,33). The third-order valence-corrected chi connectivity index (χ3v) is 7.56. The molecule has 7 heteroatoms. The van der Waals surface area contributed by atoms with Gasteiger partial charge in [-0.1, -0.05) is 39.3 Å². The number of nitriles is 1. The van der Waals surface area contributed by atoms with E-state index in [9.17, 15) is 9.59 Å². The van der Waals surface area contributed by atoms with Crippen LogP contribution in [0.15, 0.2) is 42.5 Å². The van der Waals surface area contributed by atoms with Crippen molar-refractivity contribution >= 4 is 29.0 Å². The molecule has 1 amide bonds. The van der Waals surface area contributed by atoms with E-state index in [1.165, 1.54) is 0 Å². The fraction of sp³-hybridized carbons (Fsp3) is 0.444. The van der Waals surface area contributed by atoms with Gasteiger partial charge in [0.25, 0.3) is 5.91 Å². The van der Waals surface area contributed by atoms with Crippen LogP contribution in [0.3, 0.4) is 0 Å². The zero-order valence-electron chi connectivity index (χ0n) is 20.0. The molecule has 1 aliphatic heterocycles. The summed E-state index contributed by atoms with van der Waals surface area (Å²) in [6.45, 7) is 9.78. The molecule has 0 bridgehead atoms. The second kappa shape index (κ2) is 8.96. The van der Waals surface area contributed by atoms with Gasteiger partial charge in [-0.15, -0.1) is 0 Å². The normalized spacial score (nSPS) is 22.9. The van der Waals surface area contributed by atoms with E-state index in [1.807, 2.05) is 24.3 Å². The van der Waals surface area contributed by atoms with Crippen LogP contribution in [0, 0.1) is 22.2 Å². The molecule has 2 aromatic carbocycles. The lowest BCUT2D eigenvalue weighted by atomic mass is 9.49. The Morgan fingerprint density at radius 1 is 1.09 bits per heavy atom. The molecule has 0 spiro atoms. The number of benzene rings is 2. The summed E-state index contributed by atoms with van der Waals surface area (Å²) in [5.41, 5.74) is 1.40. The van der Waals surface area contributed by atoms with Crippen LogP contribution in [0.4, 0.5) is 5.69 Å². The predicted molar refractivity (Wildman–Crippen MR) is 132 cm³/mol. The van der Waals surface area contributed by atoms with Crippen molar-refractivity contribution in [3.05, 3.63) is 58.6 Å². The van der Waals surface area contributed by atoms with Gasteiger partial charge in [0.15, 0.2) is 0 Å². The highest BCUT2D eigenvalue weighted by Crippen LogP contribution is 2.55. The van der Waals surface area contributed by atoms with Crippen LogP contribution >= 0.6 is 11.6 Å². The molecule has 1 saturated carbocycles. The van der Waals surface area contributed by atoms with E-state index in [-0.39, 0.29) is 28.9 Å². The summed E-state index contributed by atoms with van der Waals surface area (Å²) in [7, 11) is 0. The number of amides is 1. The van der Waals surface area contributed by atoms with Gasteiger partial charge < -0.3 is 15.0 Å². The molecule has 0 aromatic heterocycles. The minimum atomic E-state index is -0.320. The van der Waals surface area contributed by atoms with Gasteiger partial charge in [-0.25, -0.2) is 0 Å². The van der Waals surface area contributed by atoms with Gasteiger partial charge in [0, 0.05) is 60.1 Å². The molecule has 0 radical (unpaired) electrons. The van der Waals surface area contributed by atoms with Crippen molar-refractivity contribution in [3.63, 3.8) is 0 Å². The zero-order chi connectivity index (χ0) is 24.7. The number of hydrogen-bond donors (Lipinski definition) is 1. The molecule has 34 heavy (non-hydrogen) atoms. The fourth-order valence-corrected chi connectivity index (χ4v) is 5.86. The van der Waals surface area contributed by atoms with E-state index >= 15 is 0 Å². The topological polar surface area (TPSA) is 82.4 Å². The number of carbonyl (C=O) groups excluding carboxylic acids is 2. The summed E-state index contributed by atoms with van der Waals surface area (Å²) >= 11 is 6.17. The minimum absolute atomic E-state index is 0.0980. The summed E-state index contributed by atoms with van der Waals surface area (Å²) < 4.78 is 6.29. The van der Waals surface area contributed by atoms with Crippen LogP contribution in [-0.4, -0.2) is 36.9 Å². The molecule has 0 atom stereocenters. The van der Waals surface area contributed by atoms with Gasteiger partial charge in [-0.3, -0.25) is 9.59 Å². The summed E-state index contributed by atoms with van der Waals surface area (Å²) in [6.07, 6.45) is 0.997. The first-order chi connectivity index (χ1) is 16.0. The van der Waals surface area contributed by atoms with E-state index in [1.54, 1.807) is 18.2 Å². The fourth-order valence-electron chi connectivity index (χ4n) is 5.65. The monoisotopic (exact) mass is 479 g/mol. The Balaban J connectivity index is 1.42. The number of halogens is 1. The van der Waals surface area contributed by atoms with Crippen molar-refractivity contribution < 1.29 is 14.3 Å². The highest BCUT2D eigenvalue weighted by molar-refractivity contribution is 6.31. The molecular weight excluding hydrogens is 450 g/mol. The van der Waals surface area contributed by atoms with Gasteiger partial charge in [-0.2, -0.15) is 5.26 Å². The lowest BCUT2D eigenvalue weighted by Crippen LogP contribution is -2.74. The molecule has 1 aliphatic carbocycles. The summed E-state index contributed by atoms with van der Waals surface area (Å²) in [5, 5.41) is 12.7. The highest BCUT2D eigenvalue weighted by atomic mass is 35.5. The maximum atomic E-state index is 13.1. The highest BCUT2D eigenvalue weighted by Gasteiger charge is 2.64. The molecule has 1 saturated heterocycles. The van der Waals surface area contributed by atoms with Crippen molar-refractivity contribution in [1.82, 2.24) is 5.32 Å². The molecule has 2 aliphatic rings. The Kier molecular flexibility index (Phi) is 6.35. The van der Waals surface area contributed by atoms with Crippen molar-refractivity contribution in [2.24, 2.45) is 10.8 Å². The molecule has 1 heterocycles. The number of anilines is 1. The van der Waals surface area contributed by atoms with Crippen LogP contribution < -0.4 is 15.0 Å². The molecular formula is C27H30ClN3O3. The van der Waals surface area contributed by atoms with Crippen molar-refractivity contribution in [2.75, 3.05) is 18.0 Å². The average Bonchev–Trinajstić information content (AvgIpc) is 2.81. The number of ketones is 1. The number of nitrogens with one attached hydrogen (secondary N) is 1. The number of rotatable bonds is 5. The zero-order valence-corrected chi connectivity index (χ0v) is 20.8. The van der Waals surface area contributed by atoms with Crippen LogP contribution in [0.25, 0.3) is 0 Å². The Hall–Kier alpha value is -3.04. The lowest BCUT2D eigenvalue weighted by Gasteiger charge is -2.63. The van der Waals surface area contributed by atoms with Crippen LogP contribution in [0.2, 0.25) is 5.02 Å². The Bertz CT molecular complexity index is 1120. The van der Waals surface area contributed by atoms with Crippen LogP contribution in [0.5, 0.6) is 5.75 Å². The smallest absolute Gasteiger partial charge is 0.251 e. The van der Waals surface area contributed by atoms with Gasteiger partial charge in [0.1, 0.15) is 23.7 Å². The van der Waals surface area contributed by atoms with Crippen molar-refractivity contribution in [1.29, 1.82) is 5.26 Å². The predicted octanol–water partition coefficient (Wildman–Crippen LogP) is 4.99. The van der Waals surface area contributed by atoms with Gasteiger partial charge >= 0.3 is 0 Å². The van der Waals surface area contributed by atoms with Crippen LogP contribution in [-0.2, 0) is 4.79 Å². The molecule has 1 N–H and O–H groups in total. The number of ether oxygens (including phenoxy) is 1. The lowest BCUT2D eigenvalue weighted by molar-refractivity contribution is -0.164.